The van der Waals surface area contributed by atoms with Crippen molar-refractivity contribution in [1.82, 2.24) is 29.2 Å². The van der Waals surface area contributed by atoms with Crippen molar-refractivity contribution in [3.05, 3.63) is 35.4 Å². The summed E-state index contributed by atoms with van der Waals surface area (Å²) >= 11 is 2.20. The number of nitrogens with two attached hydrogens (primary N) is 3. The third-order valence-electron chi connectivity index (χ3n) is 6.76. The van der Waals surface area contributed by atoms with E-state index in [1.807, 2.05) is 0 Å². The quantitative estimate of drug-likeness (QED) is 0.0937. The molecule has 0 unspecified atom stereocenters. The molecule has 1 aliphatic carbocycles. The average Bonchev–Trinajstić information content (AvgIpc) is 3.45. The number of thioether (sulfide) groups is 1. The fraction of sp³-hybridized carbons (Fsp3) is 0.364. The summed E-state index contributed by atoms with van der Waals surface area (Å²) in [5.41, 5.74) is 18.0. The Labute approximate surface area is 234 Å². The monoisotopic (exact) mass is 585 g/mol. The number of carboxylic acid groups (broad SMARTS) is 1. The van der Waals surface area contributed by atoms with Gasteiger partial charge in [-0.1, -0.05) is 14.8 Å². The van der Waals surface area contributed by atoms with E-state index in [1.165, 1.54) is 16.3 Å². The number of nitrogen functional groups attached to an aromatic ring is 3. The van der Waals surface area contributed by atoms with Crippen LogP contribution in [-0.4, -0.2) is 70.6 Å². The van der Waals surface area contributed by atoms with E-state index in [1.54, 1.807) is 22.9 Å². The number of aliphatic carboxylic acids is 1. The molecule has 16 nitrogen and oxygen atoms in total. The SMILES string of the molecule is Nc1ccc2n(n1)c(N)c[n+]2CC1=C(C(=O)[O-])N2C(=O)[C@@H](NC(=O)/C(=N\OC3CCC3)c3nsc(N)n3)[C@H]2SC1. The number of hydrogen-bond donors (Lipinski definition) is 4. The standard InChI is InChI=1S/C22H23N11O5S2/c23-11-4-5-13-31(7-12(24)33(13)28-11)6-9-8-39-20-15(19(35)32(20)16(9)21(36)37)26-18(34)14(17-27-22(25)40-30-17)29-38-10-2-1-3-10/h4-5,7,10,15,20H,1-3,6,8H2,(H7-,23,24,25,26,27,28,30,34,36,37)/b29-14-/t15-,20-/m1/s1. The van der Waals surface area contributed by atoms with Crippen LogP contribution in [-0.2, 0) is 25.8 Å². The number of imidazole rings is 1. The molecule has 18 heteroatoms. The van der Waals surface area contributed by atoms with Crippen molar-refractivity contribution in [2.75, 3.05) is 23.0 Å². The molecule has 208 valence electrons. The fourth-order valence-corrected chi connectivity index (χ4v) is 6.34. The second-order valence-corrected chi connectivity index (χ2v) is 11.3. The molecule has 0 radical (unpaired) electrons. The third kappa shape index (κ3) is 4.43. The van der Waals surface area contributed by atoms with Gasteiger partial charge in [-0.2, -0.15) is 9.36 Å². The van der Waals surface area contributed by atoms with E-state index in [9.17, 15) is 19.5 Å². The van der Waals surface area contributed by atoms with Crippen molar-refractivity contribution in [1.29, 1.82) is 0 Å². The van der Waals surface area contributed by atoms with Crippen molar-refractivity contribution in [3.8, 4) is 0 Å². The molecule has 1 saturated carbocycles. The Balaban J connectivity index is 1.23. The minimum atomic E-state index is -1.50. The predicted octanol–water partition coefficient (Wildman–Crippen LogP) is -2.40. The molecule has 3 aromatic heterocycles. The van der Waals surface area contributed by atoms with Gasteiger partial charge in [-0.3, -0.25) is 14.5 Å². The molecule has 3 aromatic rings. The Bertz CT molecular complexity index is 1610. The Hall–Kier alpha value is -4.45. The van der Waals surface area contributed by atoms with Crippen LogP contribution in [0.3, 0.4) is 0 Å². The van der Waals surface area contributed by atoms with Crippen molar-refractivity contribution in [2.24, 2.45) is 5.16 Å². The number of amides is 2. The molecule has 1 saturated heterocycles. The van der Waals surface area contributed by atoms with Gasteiger partial charge in [0, 0.05) is 28.9 Å². The van der Waals surface area contributed by atoms with Crippen LogP contribution in [0.2, 0.25) is 0 Å². The number of nitrogens with zero attached hydrogens (tertiary/aromatic N) is 7. The zero-order valence-electron chi connectivity index (χ0n) is 20.7. The van der Waals surface area contributed by atoms with E-state index < -0.39 is 29.2 Å². The molecule has 6 rings (SSSR count). The van der Waals surface area contributed by atoms with E-state index in [4.69, 9.17) is 22.0 Å². The smallest absolute Gasteiger partial charge is 0.309 e. The molecule has 0 aromatic carbocycles. The van der Waals surface area contributed by atoms with E-state index in [-0.39, 0.29) is 46.6 Å². The Morgan fingerprint density at radius 3 is 2.75 bits per heavy atom. The maximum Gasteiger partial charge on any atom is 0.309 e. The van der Waals surface area contributed by atoms with Crippen LogP contribution in [0, 0.1) is 0 Å². The number of anilines is 3. The lowest BCUT2D eigenvalue weighted by atomic mass is 9.97. The average molecular weight is 586 g/mol. The van der Waals surface area contributed by atoms with Crippen LogP contribution >= 0.6 is 23.3 Å². The van der Waals surface area contributed by atoms with Gasteiger partial charge in [0.1, 0.15) is 24.1 Å². The number of oxime groups is 1. The summed E-state index contributed by atoms with van der Waals surface area (Å²) in [5, 5.41) is 22.4. The molecule has 2 atom stereocenters. The van der Waals surface area contributed by atoms with Gasteiger partial charge >= 0.3 is 5.65 Å². The number of hydrogen-bond acceptors (Lipinski definition) is 14. The molecular formula is C22H23N11O5S2. The van der Waals surface area contributed by atoms with E-state index in [0.29, 0.717) is 17.0 Å². The number of rotatable bonds is 8. The molecule has 7 N–H and O–H groups in total. The normalized spacial score (nSPS) is 21.1. The zero-order chi connectivity index (χ0) is 28.1. The fourth-order valence-electron chi connectivity index (χ4n) is 4.57. The molecular weight excluding hydrogens is 562 g/mol. The maximum atomic E-state index is 13.2. The molecule has 0 bridgehead atoms. The maximum absolute atomic E-state index is 13.2. The summed E-state index contributed by atoms with van der Waals surface area (Å²) < 4.78 is 7.19. The lowest BCUT2D eigenvalue weighted by Gasteiger charge is -2.50. The van der Waals surface area contributed by atoms with Gasteiger partial charge < -0.3 is 37.3 Å². The molecule has 5 heterocycles. The van der Waals surface area contributed by atoms with Crippen molar-refractivity contribution in [2.45, 2.75) is 43.3 Å². The lowest BCUT2D eigenvalue weighted by Crippen LogP contribution is -2.71. The van der Waals surface area contributed by atoms with Gasteiger partial charge in [-0.05, 0) is 25.3 Å². The molecule has 2 fully saturated rings. The van der Waals surface area contributed by atoms with Crippen LogP contribution in [0.5, 0.6) is 0 Å². The van der Waals surface area contributed by atoms with Crippen LogP contribution in [0.1, 0.15) is 25.1 Å². The van der Waals surface area contributed by atoms with Gasteiger partial charge in [0.05, 0.1) is 11.7 Å². The number of carboxylic acids is 1. The number of nitrogens with one attached hydrogen (secondary N) is 1. The van der Waals surface area contributed by atoms with Crippen molar-refractivity contribution < 1.29 is 28.9 Å². The number of aromatic nitrogens is 5. The topological polar surface area (TPSA) is 236 Å². The summed E-state index contributed by atoms with van der Waals surface area (Å²) in [4.78, 5) is 49.2. The minimum Gasteiger partial charge on any atom is -0.543 e. The zero-order valence-corrected chi connectivity index (χ0v) is 22.4. The first-order valence-electron chi connectivity index (χ1n) is 12.2. The number of fused-ring (bicyclic) bond motifs is 2. The first-order valence-corrected chi connectivity index (χ1v) is 14.0. The Morgan fingerprint density at radius 2 is 2.08 bits per heavy atom. The van der Waals surface area contributed by atoms with E-state index >= 15 is 0 Å². The number of β-lactam (4-membered cyclic amide) rings is 1. The molecule has 40 heavy (non-hydrogen) atoms. The van der Waals surface area contributed by atoms with E-state index in [2.05, 4.69) is 24.9 Å². The first kappa shape index (κ1) is 25.8. The van der Waals surface area contributed by atoms with Crippen LogP contribution in [0.4, 0.5) is 16.8 Å². The van der Waals surface area contributed by atoms with Gasteiger partial charge in [0.15, 0.2) is 17.1 Å². The highest BCUT2D eigenvalue weighted by atomic mass is 32.2. The van der Waals surface area contributed by atoms with Gasteiger partial charge in [0.2, 0.25) is 11.5 Å². The van der Waals surface area contributed by atoms with Crippen LogP contribution in [0.15, 0.2) is 34.8 Å². The predicted molar refractivity (Wildman–Crippen MR) is 141 cm³/mol. The van der Waals surface area contributed by atoms with Crippen LogP contribution in [0.25, 0.3) is 5.65 Å². The first-order chi connectivity index (χ1) is 19.2. The van der Waals surface area contributed by atoms with E-state index in [0.717, 1.165) is 35.7 Å². The van der Waals surface area contributed by atoms with Crippen molar-refractivity contribution >= 4 is 69.2 Å². The summed E-state index contributed by atoms with van der Waals surface area (Å²) in [6.45, 7) is 0.113. The largest absolute Gasteiger partial charge is 0.543 e. The summed E-state index contributed by atoms with van der Waals surface area (Å²) in [6.07, 6.45) is 4.13. The molecule has 2 amide bonds. The Morgan fingerprint density at radius 1 is 1.27 bits per heavy atom. The minimum absolute atomic E-state index is 0.0239. The number of carbonyl (C=O) groups excluding carboxylic acids is 3. The van der Waals surface area contributed by atoms with Gasteiger partial charge in [-0.25, -0.2) is 4.57 Å². The molecule has 3 aliphatic rings. The summed E-state index contributed by atoms with van der Waals surface area (Å²) in [7, 11) is 0. The molecule has 2 aliphatic heterocycles. The van der Waals surface area contributed by atoms with Crippen molar-refractivity contribution in [3.63, 3.8) is 0 Å². The second-order valence-electron chi connectivity index (χ2n) is 9.37. The summed E-state index contributed by atoms with van der Waals surface area (Å²) in [6, 6.07) is 2.29. The lowest BCUT2D eigenvalue weighted by molar-refractivity contribution is -0.662. The highest BCUT2D eigenvalue weighted by Gasteiger charge is 2.53. The second kappa shape index (κ2) is 9.94. The third-order valence-corrected chi connectivity index (χ3v) is 8.65. The highest BCUT2D eigenvalue weighted by molar-refractivity contribution is 8.00. The summed E-state index contributed by atoms with van der Waals surface area (Å²) in [5.74, 6) is -2.04. The highest BCUT2D eigenvalue weighted by Crippen LogP contribution is 2.40. The number of carbonyl (C=O) groups is 3. The van der Waals surface area contributed by atoms with Gasteiger partial charge in [-0.15, -0.1) is 11.8 Å². The van der Waals surface area contributed by atoms with Crippen LogP contribution < -0.4 is 32.2 Å². The molecule has 0 spiro atoms. The Kier molecular flexibility index (Phi) is 6.41. The van der Waals surface area contributed by atoms with Gasteiger partial charge in [0.25, 0.3) is 17.6 Å².